The Morgan fingerprint density at radius 3 is 2.54 bits per heavy atom. The van der Waals surface area contributed by atoms with E-state index in [2.05, 4.69) is 13.8 Å². The molecule has 0 aliphatic carbocycles. The van der Waals surface area contributed by atoms with Crippen LogP contribution in [0, 0.1) is 13.8 Å². The van der Waals surface area contributed by atoms with Gasteiger partial charge in [0.05, 0.1) is 6.04 Å². The molecule has 1 unspecified atom stereocenters. The molecule has 1 amide bonds. The van der Waals surface area contributed by atoms with Crippen LogP contribution >= 0.6 is 0 Å². The van der Waals surface area contributed by atoms with Gasteiger partial charge in [0.15, 0.2) is 0 Å². The Kier molecular flexibility index (Phi) is 5.65. The Morgan fingerprint density at radius 1 is 1.62 bits per heavy atom. The number of nitrogens with zero attached hydrogens (tertiary/aromatic N) is 1. The minimum absolute atomic E-state index is 0. The molecule has 0 saturated carbocycles. The maximum Gasteiger partial charge on any atom is 0.235 e. The van der Waals surface area contributed by atoms with Gasteiger partial charge in [-0.25, -0.2) is 0 Å². The molecule has 0 spiro atoms. The van der Waals surface area contributed by atoms with Crippen molar-refractivity contribution in [2.45, 2.75) is 37.9 Å². The van der Waals surface area contributed by atoms with E-state index in [-0.39, 0.29) is 56.7 Å². The van der Waals surface area contributed by atoms with Gasteiger partial charge in [0, 0.05) is 32.7 Å². The second-order valence-corrected chi connectivity index (χ2v) is 3.43. The van der Waals surface area contributed by atoms with Crippen molar-refractivity contribution >= 4 is 5.91 Å². The van der Waals surface area contributed by atoms with Gasteiger partial charge in [-0.1, -0.05) is 25.4 Å². The molecule has 0 bridgehead atoms. The fourth-order valence-corrected chi connectivity index (χ4v) is 1.58. The summed E-state index contributed by atoms with van der Waals surface area (Å²) in [5.74, 6) is -0.0104. The molecule has 0 aromatic carbocycles. The number of amides is 1. The van der Waals surface area contributed by atoms with Crippen LogP contribution in [0.1, 0.15) is 19.8 Å². The van der Waals surface area contributed by atoms with Crippen molar-refractivity contribution in [1.29, 1.82) is 0 Å². The number of rotatable bonds is 1. The number of nitrogens with two attached hydrogens (primary N) is 1. The van der Waals surface area contributed by atoms with Gasteiger partial charge in [0.25, 0.3) is 0 Å². The molecule has 1 heterocycles. The van der Waals surface area contributed by atoms with E-state index < -0.39 is 0 Å². The summed E-state index contributed by atoms with van der Waals surface area (Å²) < 4.78 is 0. The predicted molar refractivity (Wildman–Crippen MR) is 48.0 cm³/mol. The Morgan fingerprint density at radius 2 is 2.15 bits per heavy atom. The van der Waals surface area contributed by atoms with Crippen molar-refractivity contribution in [3.05, 3.63) is 13.8 Å². The van der Waals surface area contributed by atoms with Crippen LogP contribution in [-0.2, 0) is 37.5 Å². The van der Waals surface area contributed by atoms with Crippen LogP contribution in [0.2, 0.25) is 0 Å². The van der Waals surface area contributed by atoms with Crippen LogP contribution in [0.4, 0.5) is 0 Å². The summed E-state index contributed by atoms with van der Waals surface area (Å²) in [5, 5.41) is 0. The SMILES string of the molecule is [CH2-]C1CC[C@H](N)C(=O)N1[C@@H]([CH2-])C.[Y]. The van der Waals surface area contributed by atoms with E-state index in [4.69, 9.17) is 5.73 Å². The third-order valence-corrected chi connectivity index (χ3v) is 2.25. The molecule has 1 aliphatic heterocycles. The average Bonchev–Trinajstić information content (AvgIpc) is 1.97. The first-order valence-electron chi connectivity index (χ1n) is 4.28. The smallest absolute Gasteiger partial charge is 0.235 e. The van der Waals surface area contributed by atoms with Crippen LogP contribution in [-0.4, -0.2) is 28.9 Å². The molecule has 1 fully saturated rings. The zero-order chi connectivity index (χ0) is 9.30. The number of carbonyl (C=O) groups is 1. The Bertz CT molecular complexity index is 184. The molecule has 1 radical (unpaired) electrons. The van der Waals surface area contributed by atoms with Gasteiger partial charge in [-0.15, -0.1) is 0 Å². The molecule has 1 saturated heterocycles. The summed E-state index contributed by atoms with van der Waals surface area (Å²) in [6.07, 6.45) is 1.63. The molecule has 1 aliphatic rings. The number of hydrogen-bond donors (Lipinski definition) is 1. The largest absolute Gasteiger partial charge is 0.396 e. The van der Waals surface area contributed by atoms with E-state index in [1.54, 1.807) is 4.90 Å². The number of piperidine rings is 1. The molecular weight excluding hydrogens is 241 g/mol. The topological polar surface area (TPSA) is 46.3 Å². The molecule has 3 nitrogen and oxygen atoms in total. The minimum atomic E-state index is -0.341. The monoisotopic (exact) mass is 257 g/mol. The minimum Gasteiger partial charge on any atom is -0.396 e. The Labute approximate surface area is 105 Å². The molecule has 73 valence electrons. The van der Waals surface area contributed by atoms with Crippen LogP contribution in [0.15, 0.2) is 0 Å². The zero-order valence-electron chi connectivity index (χ0n) is 8.07. The van der Waals surface area contributed by atoms with Crippen molar-refractivity contribution in [3.8, 4) is 0 Å². The summed E-state index contributed by atoms with van der Waals surface area (Å²) in [7, 11) is 0. The molecule has 2 N–H and O–H groups in total. The normalized spacial score (nSPS) is 31.1. The van der Waals surface area contributed by atoms with Crippen molar-refractivity contribution < 1.29 is 37.5 Å². The van der Waals surface area contributed by atoms with Gasteiger partial charge in [0.1, 0.15) is 0 Å². The molecule has 13 heavy (non-hydrogen) atoms. The van der Waals surface area contributed by atoms with Crippen molar-refractivity contribution in [2.24, 2.45) is 5.73 Å². The van der Waals surface area contributed by atoms with Gasteiger partial charge < -0.3 is 24.5 Å². The number of carbonyl (C=O) groups excluding carboxylic acids is 1. The zero-order valence-corrected chi connectivity index (χ0v) is 10.9. The number of likely N-dealkylation sites (tertiary alicyclic amines) is 1. The van der Waals surface area contributed by atoms with E-state index in [1.165, 1.54) is 0 Å². The van der Waals surface area contributed by atoms with E-state index in [1.807, 2.05) is 6.92 Å². The van der Waals surface area contributed by atoms with E-state index in [0.29, 0.717) is 0 Å². The first-order chi connectivity index (χ1) is 5.54. The van der Waals surface area contributed by atoms with Crippen molar-refractivity contribution in [2.75, 3.05) is 0 Å². The summed E-state index contributed by atoms with van der Waals surface area (Å²) in [6.45, 7) is 9.58. The van der Waals surface area contributed by atoms with Gasteiger partial charge in [-0.2, -0.15) is 0 Å². The van der Waals surface area contributed by atoms with Crippen molar-refractivity contribution in [3.63, 3.8) is 0 Å². The summed E-state index contributed by atoms with van der Waals surface area (Å²) in [4.78, 5) is 13.2. The second kappa shape index (κ2) is 5.42. The fourth-order valence-electron chi connectivity index (χ4n) is 1.58. The fraction of sp³-hybridized carbons (Fsp3) is 0.667. The Hall–Kier alpha value is 0.534. The van der Waals surface area contributed by atoms with Gasteiger partial charge >= 0.3 is 0 Å². The molecule has 1 rings (SSSR count). The van der Waals surface area contributed by atoms with E-state index in [9.17, 15) is 4.79 Å². The maximum atomic E-state index is 11.5. The van der Waals surface area contributed by atoms with Gasteiger partial charge in [-0.05, 0) is 6.42 Å². The predicted octanol–water partition coefficient (Wildman–Crippen LogP) is 0.359. The quantitative estimate of drug-likeness (QED) is 0.689. The molecule has 0 aromatic rings. The van der Waals surface area contributed by atoms with Crippen LogP contribution in [0.5, 0.6) is 0 Å². The van der Waals surface area contributed by atoms with Crippen LogP contribution < -0.4 is 5.73 Å². The van der Waals surface area contributed by atoms with E-state index >= 15 is 0 Å². The molecule has 0 aromatic heterocycles. The summed E-state index contributed by atoms with van der Waals surface area (Å²) in [5.41, 5.74) is 5.62. The van der Waals surface area contributed by atoms with Crippen LogP contribution in [0.25, 0.3) is 0 Å². The standard InChI is InChI=1S/C9H16N2O.Y/c1-6(2)11-7(3)4-5-8(10)9(11)12;/h6-8H,1,3-5,10H2,2H3;/q-2;/t6-,7?,8-;/m0./s1. The van der Waals surface area contributed by atoms with E-state index in [0.717, 1.165) is 12.8 Å². The van der Waals surface area contributed by atoms with Gasteiger partial charge in [-0.3, -0.25) is 4.79 Å². The third kappa shape index (κ3) is 3.00. The molecular formula is C9H16N2OY-2. The summed E-state index contributed by atoms with van der Waals surface area (Å²) >= 11 is 0. The second-order valence-electron chi connectivity index (χ2n) is 3.43. The Balaban J connectivity index is 0.00000144. The summed E-state index contributed by atoms with van der Waals surface area (Å²) in [6, 6.07) is -0.330. The van der Waals surface area contributed by atoms with Crippen LogP contribution in [0.3, 0.4) is 0 Å². The van der Waals surface area contributed by atoms with Crippen molar-refractivity contribution in [1.82, 2.24) is 4.90 Å². The third-order valence-electron chi connectivity index (χ3n) is 2.25. The first kappa shape index (κ1) is 13.5. The molecule has 3 atom stereocenters. The maximum absolute atomic E-state index is 11.5. The molecule has 4 heteroatoms. The number of hydrogen-bond acceptors (Lipinski definition) is 2. The van der Waals surface area contributed by atoms with Gasteiger partial charge in [0.2, 0.25) is 5.91 Å². The first-order valence-corrected chi connectivity index (χ1v) is 4.28. The average molecular weight is 257 g/mol.